The van der Waals surface area contributed by atoms with Crippen molar-refractivity contribution >= 4 is 8.22 Å². The van der Waals surface area contributed by atoms with Gasteiger partial charge in [0.05, 0.1) is 0 Å². The van der Waals surface area contributed by atoms with Crippen LogP contribution in [0.4, 0.5) is 35.1 Å². The van der Waals surface area contributed by atoms with Gasteiger partial charge in [0.1, 0.15) is 8.22 Å². The summed E-state index contributed by atoms with van der Waals surface area (Å²) in [6, 6.07) is 0. The summed E-state index contributed by atoms with van der Waals surface area (Å²) in [4.78, 5) is 0. The van der Waals surface area contributed by atoms with Gasteiger partial charge in [0.2, 0.25) is 47.1 Å². The van der Waals surface area contributed by atoms with Gasteiger partial charge in [-0.1, -0.05) is 20.8 Å². The Morgan fingerprint density at radius 3 is 0.957 bits per heavy atom. The average molecular weight is 364 g/mol. The van der Waals surface area contributed by atoms with Crippen molar-refractivity contribution in [2.75, 3.05) is 0 Å². The Labute approximate surface area is 126 Å². The minimum absolute atomic E-state index is 0.273. The molecule has 0 saturated carbocycles. The second kappa shape index (κ2) is 5.51. The van der Waals surface area contributed by atoms with Gasteiger partial charge in [-0.2, -0.15) is 35.1 Å². The second-order valence-electron chi connectivity index (χ2n) is 5.50. The third-order valence-corrected chi connectivity index (χ3v) is 5.49. The highest BCUT2D eigenvalue weighted by atomic mass is 31.1. The van der Waals surface area contributed by atoms with Crippen molar-refractivity contribution in [2.45, 2.75) is 25.9 Å². The molecule has 0 aliphatic rings. The van der Waals surface area contributed by atoms with Gasteiger partial charge in [-0.15, -0.1) is 0 Å². The van der Waals surface area contributed by atoms with Crippen LogP contribution in [-0.4, -0.2) is 13.8 Å². The first-order valence-electron chi connectivity index (χ1n) is 6.03. The molecule has 2 rings (SSSR count). The first-order chi connectivity index (χ1) is 10.4. The highest BCUT2D eigenvalue weighted by Gasteiger charge is 2.41. The van der Waals surface area contributed by atoms with E-state index in [1.807, 2.05) is 0 Å². The zero-order chi connectivity index (χ0) is 17.9. The number of halogens is 8. The Bertz CT molecular complexity index is 664. The molecule has 0 aliphatic carbocycles. The predicted molar refractivity (Wildman–Crippen MR) is 66.0 cm³/mol. The molecule has 0 aliphatic heterocycles. The quantitative estimate of drug-likeness (QED) is 0.530. The lowest BCUT2D eigenvalue weighted by atomic mass is 10.3. The molecule has 0 atom stereocenters. The number of rotatable bonds is 2. The summed E-state index contributed by atoms with van der Waals surface area (Å²) in [5.41, 5.74) is 0. The van der Waals surface area contributed by atoms with Crippen LogP contribution in [0.1, 0.15) is 20.8 Å². The van der Waals surface area contributed by atoms with Gasteiger partial charge in [-0.25, -0.2) is 8.68 Å². The molecule has 128 valence electrons. The number of hydrogen-bond acceptors (Lipinski definition) is 0. The highest BCUT2D eigenvalue weighted by molar-refractivity contribution is 7.56. The summed E-state index contributed by atoms with van der Waals surface area (Å²) >= 11 is 0. The molecule has 2 heterocycles. The molecule has 2 nitrogen and oxygen atoms in total. The summed E-state index contributed by atoms with van der Waals surface area (Å²) in [5.74, 6) is -17.1. The van der Waals surface area contributed by atoms with E-state index in [1.54, 1.807) is 0 Å². The van der Waals surface area contributed by atoms with Crippen LogP contribution in [0.2, 0.25) is 0 Å². The zero-order valence-corrected chi connectivity index (χ0v) is 12.8. The molecule has 0 aromatic carbocycles. The van der Waals surface area contributed by atoms with Crippen LogP contribution < -0.4 is 0 Å². The molecular formula is C12H9F8N2P. The van der Waals surface area contributed by atoms with Crippen LogP contribution in [-0.2, 0) is 0 Å². The Hall–Kier alpha value is -1.57. The van der Waals surface area contributed by atoms with Gasteiger partial charge in [0, 0.05) is 5.16 Å². The standard InChI is InChI=1S/C12H9F8N2P/c1-12(2,3)23(21-8(17)4(13)5(14)9(21)18)22-10(19)6(15)7(16)11(22)20/h1-3H3. The number of aromatic nitrogens is 2. The maximum absolute atomic E-state index is 13.8. The van der Waals surface area contributed by atoms with Gasteiger partial charge in [-0.3, -0.25) is 0 Å². The zero-order valence-electron chi connectivity index (χ0n) is 11.9. The van der Waals surface area contributed by atoms with Crippen LogP contribution in [0.15, 0.2) is 0 Å². The first-order valence-corrected chi connectivity index (χ1v) is 7.28. The SMILES string of the molecule is CC(C)(C)P(n1c(F)c(F)c(F)c1F)n1c(F)c(F)c(F)c1F. The highest BCUT2D eigenvalue weighted by Crippen LogP contribution is 2.55. The van der Waals surface area contributed by atoms with E-state index in [1.165, 1.54) is 20.8 Å². The molecule has 0 amide bonds. The Morgan fingerprint density at radius 1 is 0.565 bits per heavy atom. The molecule has 0 radical (unpaired) electrons. The summed E-state index contributed by atoms with van der Waals surface area (Å²) < 4.78 is 108. The Balaban J connectivity index is 2.87. The third kappa shape index (κ3) is 2.52. The fourth-order valence-electron chi connectivity index (χ4n) is 1.93. The molecule has 0 bridgehead atoms. The largest absolute Gasteiger partial charge is 0.248 e. The molecule has 0 saturated heterocycles. The average Bonchev–Trinajstić information content (AvgIpc) is 2.75. The normalized spacial score (nSPS) is 12.5. The fourth-order valence-corrected chi connectivity index (χ4v) is 4.32. The lowest BCUT2D eigenvalue weighted by molar-refractivity contribution is 0.440. The Morgan fingerprint density at radius 2 is 0.783 bits per heavy atom. The van der Waals surface area contributed by atoms with Gasteiger partial charge in [0.15, 0.2) is 0 Å². The van der Waals surface area contributed by atoms with Crippen molar-refractivity contribution < 1.29 is 35.1 Å². The lowest BCUT2D eigenvalue weighted by Gasteiger charge is -2.32. The molecule has 0 fully saturated rings. The topological polar surface area (TPSA) is 9.86 Å². The van der Waals surface area contributed by atoms with E-state index in [4.69, 9.17) is 0 Å². The molecule has 0 spiro atoms. The summed E-state index contributed by atoms with van der Waals surface area (Å²) in [6.45, 7) is 3.67. The van der Waals surface area contributed by atoms with E-state index in [-0.39, 0.29) is 8.68 Å². The van der Waals surface area contributed by atoms with Crippen molar-refractivity contribution in [2.24, 2.45) is 0 Å². The van der Waals surface area contributed by atoms with Crippen molar-refractivity contribution in [1.82, 2.24) is 8.68 Å². The molecule has 2 aromatic rings. The molecule has 0 N–H and O–H groups in total. The maximum atomic E-state index is 13.8. The monoisotopic (exact) mass is 364 g/mol. The minimum atomic E-state index is -2.99. The Kier molecular flexibility index (Phi) is 4.26. The van der Waals surface area contributed by atoms with E-state index >= 15 is 0 Å². The molecule has 11 heteroatoms. The van der Waals surface area contributed by atoms with Crippen LogP contribution in [0, 0.1) is 47.1 Å². The molecule has 2 aromatic heterocycles. The predicted octanol–water partition coefficient (Wildman–Crippen LogP) is 4.91. The number of hydrogen-bond donors (Lipinski definition) is 0. The molecule has 23 heavy (non-hydrogen) atoms. The lowest BCUT2D eigenvalue weighted by Crippen LogP contribution is -2.24. The summed E-state index contributed by atoms with van der Waals surface area (Å²) in [6.07, 6.45) is 0. The van der Waals surface area contributed by atoms with Crippen molar-refractivity contribution in [3.63, 3.8) is 0 Å². The maximum Gasteiger partial charge on any atom is 0.240 e. The fraction of sp³-hybridized carbons (Fsp3) is 0.333. The summed E-state index contributed by atoms with van der Waals surface area (Å²) in [7, 11) is -2.99. The smallest absolute Gasteiger partial charge is 0.240 e. The van der Waals surface area contributed by atoms with Crippen LogP contribution in [0.5, 0.6) is 0 Å². The van der Waals surface area contributed by atoms with Gasteiger partial charge in [-0.05, 0) is 0 Å². The first kappa shape index (κ1) is 17.8. The van der Waals surface area contributed by atoms with E-state index in [0.717, 1.165) is 0 Å². The van der Waals surface area contributed by atoms with Crippen molar-refractivity contribution in [3.8, 4) is 0 Å². The van der Waals surface area contributed by atoms with E-state index in [0.29, 0.717) is 0 Å². The van der Waals surface area contributed by atoms with Gasteiger partial charge < -0.3 is 0 Å². The van der Waals surface area contributed by atoms with Crippen LogP contribution in [0.3, 0.4) is 0 Å². The molecular weight excluding hydrogens is 355 g/mol. The second-order valence-corrected chi connectivity index (χ2v) is 8.22. The summed E-state index contributed by atoms with van der Waals surface area (Å²) in [5, 5.41) is -1.44. The van der Waals surface area contributed by atoms with Gasteiger partial charge >= 0.3 is 0 Å². The van der Waals surface area contributed by atoms with E-state index in [9.17, 15) is 35.1 Å². The van der Waals surface area contributed by atoms with Crippen LogP contribution in [0.25, 0.3) is 0 Å². The number of nitrogens with zero attached hydrogens (tertiary/aromatic N) is 2. The molecule has 0 unspecified atom stereocenters. The van der Waals surface area contributed by atoms with Gasteiger partial charge in [0.25, 0.3) is 0 Å². The third-order valence-electron chi connectivity index (χ3n) is 2.83. The van der Waals surface area contributed by atoms with Crippen molar-refractivity contribution in [1.29, 1.82) is 0 Å². The van der Waals surface area contributed by atoms with Crippen LogP contribution >= 0.6 is 8.22 Å². The van der Waals surface area contributed by atoms with E-state index in [2.05, 4.69) is 0 Å². The van der Waals surface area contributed by atoms with E-state index < -0.39 is 60.4 Å². The van der Waals surface area contributed by atoms with Crippen molar-refractivity contribution in [3.05, 3.63) is 47.1 Å². The minimum Gasteiger partial charge on any atom is -0.248 e.